The summed E-state index contributed by atoms with van der Waals surface area (Å²) in [7, 11) is 0. The molecule has 0 saturated heterocycles. The molecular weight excluding hydrogens is 331 g/mol. The van der Waals surface area contributed by atoms with Gasteiger partial charge in [-0.3, -0.25) is 0 Å². The van der Waals surface area contributed by atoms with E-state index < -0.39 is 0 Å². The van der Waals surface area contributed by atoms with Gasteiger partial charge in [0, 0.05) is 0 Å². The fourth-order valence-electron chi connectivity index (χ4n) is 2.49. The van der Waals surface area contributed by atoms with Crippen LogP contribution in [0.15, 0.2) is 32.8 Å². The maximum atomic E-state index is 2.37. The molecule has 0 saturated carbocycles. The molecule has 1 aliphatic carbocycles. The molecule has 0 amide bonds. The van der Waals surface area contributed by atoms with Crippen molar-refractivity contribution in [3.63, 3.8) is 0 Å². The maximum absolute atomic E-state index is 2.37. The normalized spacial score (nSPS) is 16.4. The zero-order chi connectivity index (χ0) is 12.6. The van der Waals surface area contributed by atoms with Gasteiger partial charge in [0.1, 0.15) is 0 Å². The van der Waals surface area contributed by atoms with Crippen molar-refractivity contribution < 1.29 is 0 Å². The summed E-state index contributed by atoms with van der Waals surface area (Å²) >= 11 is 3.49. The number of hydrogen-bond acceptors (Lipinski definition) is 1. The molecule has 0 bridgehead atoms. The quantitative estimate of drug-likeness (QED) is 0.703. The van der Waals surface area contributed by atoms with E-state index in [0.717, 1.165) is 0 Å². The van der Waals surface area contributed by atoms with Crippen LogP contribution < -0.4 is 0 Å². The molecule has 0 spiro atoms. The molecule has 2 heteroatoms. The van der Waals surface area contributed by atoms with Gasteiger partial charge in [-0.1, -0.05) is 0 Å². The Labute approximate surface area is 122 Å². The second kappa shape index (κ2) is 4.93. The molecule has 1 aromatic rings. The van der Waals surface area contributed by atoms with E-state index in [1.807, 2.05) is 11.3 Å². The van der Waals surface area contributed by atoms with Crippen molar-refractivity contribution >= 4 is 33.9 Å². The molecule has 1 aromatic heterocycles. The molecule has 0 atom stereocenters. The Morgan fingerprint density at radius 1 is 1.35 bits per heavy atom. The van der Waals surface area contributed by atoms with Crippen LogP contribution >= 0.6 is 11.3 Å². The van der Waals surface area contributed by atoms with Crippen molar-refractivity contribution in [2.45, 2.75) is 45.4 Å². The number of allylic oxidation sites excluding steroid dienone is 4. The predicted octanol–water partition coefficient (Wildman–Crippen LogP) is 4.53. The molecule has 0 unspecified atom stereocenters. The van der Waals surface area contributed by atoms with Crippen LogP contribution in [0.3, 0.4) is 0 Å². The van der Waals surface area contributed by atoms with Crippen LogP contribution in [0.4, 0.5) is 0 Å². The van der Waals surface area contributed by atoms with E-state index >= 15 is 0 Å². The first-order valence-corrected chi connectivity index (χ1v) is 8.45. The minimum absolute atomic E-state index is 0.180. The van der Waals surface area contributed by atoms with Crippen molar-refractivity contribution in [1.29, 1.82) is 0 Å². The van der Waals surface area contributed by atoms with Crippen molar-refractivity contribution in [3.8, 4) is 0 Å². The van der Waals surface area contributed by atoms with Crippen molar-refractivity contribution in [3.05, 3.63) is 43.2 Å². The van der Waals surface area contributed by atoms with E-state index in [9.17, 15) is 0 Å². The van der Waals surface area contributed by atoms with Crippen LogP contribution in [-0.4, -0.2) is 22.5 Å². The average molecular weight is 350 g/mol. The Kier molecular flexibility index (Phi) is 3.89. The Morgan fingerprint density at radius 3 is 2.59 bits per heavy atom. The van der Waals surface area contributed by atoms with Gasteiger partial charge in [-0.15, -0.1) is 0 Å². The van der Waals surface area contributed by atoms with E-state index in [1.54, 1.807) is 36.6 Å². The van der Waals surface area contributed by atoms with E-state index in [0.29, 0.717) is 5.92 Å². The molecule has 0 fully saturated rings. The number of rotatable bonds is 3. The third-order valence-electron chi connectivity index (χ3n) is 3.49. The molecule has 0 N–H and O–H groups in total. The standard InChI is InChI=1S/C15H19S.Sn/c1-11(2)13-9-10-16-14(13)15(3,4)12-7-5-6-8-12;/h5,7,9-11H,6H2,1-4H3;. The Hall–Kier alpha value is -0.0213. The van der Waals surface area contributed by atoms with Crippen molar-refractivity contribution in [2.24, 2.45) is 0 Å². The van der Waals surface area contributed by atoms with Crippen molar-refractivity contribution in [2.75, 3.05) is 0 Å². The predicted molar refractivity (Wildman–Crippen MR) is 78.0 cm³/mol. The zero-order valence-electron chi connectivity index (χ0n) is 11.0. The van der Waals surface area contributed by atoms with Gasteiger partial charge in [0.2, 0.25) is 0 Å². The first-order chi connectivity index (χ1) is 7.94. The van der Waals surface area contributed by atoms with Gasteiger partial charge in [-0.05, 0) is 0 Å². The van der Waals surface area contributed by atoms with Crippen LogP contribution in [-0.2, 0) is 5.41 Å². The Morgan fingerprint density at radius 2 is 2.06 bits per heavy atom. The van der Waals surface area contributed by atoms with Gasteiger partial charge in [-0.25, -0.2) is 0 Å². The van der Waals surface area contributed by atoms with Gasteiger partial charge in [0.15, 0.2) is 0 Å². The van der Waals surface area contributed by atoms with Crippen molar-refractivity contribution in [1.82, 2.24) is 0 Å². The third kappa shape index (κ3) is 2.41. The second-order valence-corrected chi connectivity index (χ2v) is 8.12. The van der Waals surface area contributed by atoms with E-state index in [2.05, 4.69) is 51.3 Å². The van der Waals surface area contributed by atoms with Crippen LogP contribution in [0.1, 0.15) is 50.5 Å². The summed E-state index contributed by atoms with van der Waals surface area (Å²) in [6, 6.07) is 2.30. The molecule has 0 aliphatic heterocycles. The van der Waals surface area contributed by atoms with Gasteiger partial charge < -0.3 is 0 Å². The van der Waals surface area contributed by atoms with Gasteiger partial charge >= 0.3 is 123 Å². The molecule has 3 radical (unpaired) electrons. The Balaban J connectivity index is 2.48. The second-order valence-electron chi connectivity index (χ2n) is 5.48. The summed E-state index contributed by atoms with van der Waals surface area (Å²) in [5.74, 6) is 0.620. The van der Waals surface area contributed by atoms with Crippen LogP contribution in [0.5, 0.6) is 0 Å². The average Bonchev–Trinajstić information content (AvgIpc) is 2.84. The summed E-state index contributed by atoms with van der Waals surface area (Å²) in [5.41, 5.74) is 3.26. The van der Waals surface area contributed by atoms with Gasteiger partial charge in [0.05, 0.1) is 0 Å². The molecule has 2 rings (SSSR count). The summed E-state index contributed by atoms with van der Waals surface area (Å²) < 4.78 is 1.62. The number of thiophene rings is 1. The zero-order valence-corrected chi connectivity index (χ0v) is 14.7. The summed E-state index contributed by atoms with van der Waals surface area (Å²) in [4.78, 5) is 1.55. The van der Waals surface area contributed by atoms with E-state index in [1.165, 1.54) is 12.0 Å². The van der Waals surface area contributed by atoms with Gasteiger partial charge in [-0.2, -0.15) is 0 Å². The topological polar surface area (TPSA) is 0 Å². The van der Waals surface area contributed by atoms with E-state index in [-0.39, 0.29) is 5.41 Å². The monoisotopic (exact) mass is 351 g/mol. The SMILES string of the molecule is CC(C)c1ccsc1C(C)(C)C1=[C]([Sn])CC=C1. The molecule has 1 aliphatic rings. The van der Waals surface area contributed by atoms with E-state index in [4.69, 9.17) is 0 Å². The first kappa shape index (κ1) is 13.4. The molecule has 17 heavy (non-hydrogen) atoms. The van der Waals surface area contributed by atoms with Crippen LogP contribution in [0, 0.1) is 0 Å². The van der Waals surface area contributed by atoms with Crippen LogP contribution in [0.25, 0.3) is 0 Å². The summed E-state index contributed by atoms with van der Waals surface area (Å²) in [6.07, 6.45) is 5.82. The van der Waals surface area contributed by atoms with Gasteiger partial charge in [0.25, 0.3) is 0 Å². The summed E-state index contributed by atoms with van der Waals surface area (Å²) in [6.45, 7) is 9.33. The summed E-state index contributed by atoms with van der Waals surface area (Å²) in [5, 5.41) is 2.24. The molecule has 0 aromatic carbocycles. The molecule has 89 valence electrons. The minimum atomic E-state index is 0.180. The fraction of sp³-hybridized carbons (Fsp3) is 0.467. The fourth-order valence-corrected chi connectivity index (χ4v) is 5.16. The van der Waals surface area contributed by atoms with Crippen LogP contribution in [0.2, 0.25) is 0 Å². The Bertz CT molecular complexity index is 475. The number of hydrogen-bond donors (Lipinski definition) is 0. The molecular formula is C15H19SSn. The first-order valence-electron chi connectivity index (χ1n) is 6.14. The third-order valence-corrected chi connectivity index (χ3v) is 6.10. The molecule has 1 heterocycles. The molecule has 0 nitrogen and oxygen atoms in total.